The molecular weight excluding hydrogens is 244 g/mol. The molecule has 0 radical (unpaired) electrons. The summed E-state index contributed by atoms with van der Waals surface area (Å²) in [6.45, 7) is 5.03. The normalized spacial score (nSPS) is 54.6. The first-order valence-corrected chi connectivity index (χ1v) is 8.92. The summed E-state index contributed by atoms with van der Waals surface area (Å²) in [6.07, 6.45) is 14.4. The summed E-state index contributed by atoms with van der Waals surface area (Å²) in [6, 6.07) is 0. The minimum Gasteiger partial charge on any atom is -0.393 e. The predicted octanol–water partition coefficient (Wildman–Crippen LogP) is 4.70. The molecule has 1 nitrogen and oxygen atoms in total. The van der Waals surface area contributed by atoms with Gasteiger partial charge in [-0.3, -0.25) is 0 Å². The quantitative estimate of drug-likeness (QED) is 0.635. The Bertz CT molecular complexity index is 439. The summed E-state index contributed by atoms with van der Waals surface area (Å²) >= 11 is 0. The maximum Gasteiger partial charge on any atom is 0.0576 e. The number of fused-ring (bicyclic) bond motifs is 5. The lowest BCUT2D eigenvalue weighted by Crippen LogP contribution is -2.51. The van der Waals surface area contributed by atoms with E-state index in [-0.39, 0.29) is 6.10 Å². The monoisotopic (exact) mass is 274 g/mol. The molecule has 112 valence electrons. The largest absolute Gasteiger partial charge is 0.393 e. The van der Waals surface area contributed by atoms with Crippen molar-refractivity contribution in [3.63, 3.8) is 0 Å². The highest BCUT2D eigenvalue weighted by molar-refractivity contribution is 5.23. The first-order valence-electron chi connectivity index (χ1n) is 8.92. The topological polar surface area (TPSA) is 20.2 Å². The fourth-order valence-corrected chi connectivity index (χ4v) is 6.78. The molecule has 4 rings (SSSR count). The molecule has 3 saturated carbocycles. The van der Waals surface area contributed by atoms with Gasteiger partial charge >= 0.3 is 0 Å². The highest BCUT2D eigenvalue weighted by atomic mass is 16.3. The predicted molar refractivity (Wildman–Crippen MR) is 82.3 cm³/mol. The number of hydrogen-bond acceptors (Lipinski definition) is 1. The van der Waals surface area contributed by atoms with Crippen molar-refractivity contribution < 1.29 is 5.11 Å². The maximum absolute atomic E-state index is 10.6. The van der Waals surface area contributed by atoms with Gasteiger partial charge in [-0.1, -0.05) is 25.5 Å². The van der Waals surface area contributed by atoms with Gasteiger partial charge in [0.2, 0.25) is 0 Å². The number of aliphatic hydroxyl groups is 1. The number of rotatable bonds is 0. The van der Waals surface area contributed by atoms with Crippen LogP contribution in [0.5, 0.6) is 0 Å². The number of aliphatic hydroxyl groups excluding tert-OH is 1. The SMILES string of the molecule is C[C@@]12CCC(O)[C@H]1[C@@H]1CCC3=CCCC[C@]3(C)[C@H]1CC2. The molecule has 0 spiro atoms. The second kappa shape index (κ2) is 4.35. The van der Waals surface area contributed by atoms with E-state index in [2.05, 4.69) is 19.9 Å². The molecule has 0 bridgehead atoms. The van der Waals surface area contributed by atoms with Crippen LogP contribution < -0.4 is 0 Å². The zero-order valence-electron chi connectivity index (χ0n) is 13.2. The molecule has 0 aromatic heterocycles. The number of hydrogen-bond donors (Lipinski definition) is 1. The van der Waals surface area contributed by atoms with Gasteiger partial charge < -0.3 is 5.11 Å². The van der Waals surface area contributed by atoms with Crippen LogP contribution in [-0.2, 0) is 0 Å². The fraction of sp³-hybridized carbons (Fsp3) is 0.895. The first-order chi connectivity index (χ1) is 9.55. The van der Waals surface area contributed by atoms with Crippen molar-refractivity contribution in [2.24, 2.45) is 28.6 Å². The van der Waals surface area contributed by atoms with Gasteiger partial charge in [0.1, 0.15) is 0 Å². The van der Waals surface area contributed by atoms with Gasteiger partial charge in [-0.2, -0.15) is 0 Å². The van der Waals surface area contributed by atoms with E-state index in [4.69, 9.17) is 0 Å². The third kappa shape index (κ3) is 1.65. The standard InChI is InChI=1S/C19H30O/c1-18-11-8-15-14(17(18)16(20)9-12-18)7-6-13-5-3-4-10-19(13,15)2/h5,14-17,20H,3-4,6-12H2,1-2H3/t14-,15+,16?,17-,18-,19+/m1/s1. The average molecular weight is 274 g/mol. The Hall–Kier alpha value is -0.300. The van der Waals surface area contributed by atoms with Crippen LogP contribution in [0.4, 0.5) is 0 Å². The Morgan fingerprint density at radius 1 is 1.10 bits per heavy atom. The lowest BCUT2D eigenvalue weighted by molar-refractivity contribution is -0.0716. The molecule has 1 N–H and O–H groups in total. The third-order valence-electron chi connectivity index (χ3n) is 7.82. The van der Waals surface area contributed by atoms with Crippen LogP contribution >= 0.6 is 0 Å². The van der Waals surface area contributed by atoms with Crippen molar-refractivity contribution in [1.29, 1.82) is 0 Å². The minimum absolute atomic E-state index is 0.00878. The third-order valence-corrected chi connectivity index (χ3v) is 7.82. The van der Waals surface area contributed by atoms with Gasteiger partial charge in [0.15, 0.2) is 0 Å². The summed E-state index contributed by atoms with van der Waals surface area (Å²) in [7, 11) is 0. The van der Waals surface area contributed by atoms with E-state index >= 15 is 0 Å². The molecule has 1 heteroatoms. The van der Waals surface area contributed by atoms with Crippen LogP contribution in [0.1, 0.15) is 71.6 Å². The zero-order valence-corrected chi connectivity index (χ0v) is 13.2. The first kappa shape index (κ1) is 13.4. The van der Waals surface area contributed by atoms with Crippen LogP contribution in [0.2, 0.25) is 0 Å². The van der Waals surface area contributed by atoms with Crippen LogP contribution in [-0.4, -0.2) is 11.2 Å². The lowest BCUT2D eigenvalue weighted by Gasteiger charge is -2.58. The summed E-state index contributed by atoms with van der Waals surface area (Å²) in [5, 5.41) is 10.6. The zero-order chi connectivity index (χ0) is 14.0. The molecule has 1 unspecified atom stereocenters. The van der Waals surface area contributed by atoms with E-state index in [0.717, 1.165) is 18.3 Å². The van der Waals surface area contributed by atoms with Crippen molar-refractivity contribution in [2.45, 2.75) is 77.7 Å². The van der Waals surface area contributed by atoms with E-state index in [9.17, 15) is 5.11 Å². The molecule has 20 heavy (non-hydrogen) atoms. The molecule has 4 aliphatic carbocycles. The number of allylic oxidation sites excluding steroid dienone is 2. The van der Waals surface area contributed by atoms with Gasteiger partial charge in [0.25, 0.3) is 0 Å². The van der Waals surface area contributed by atoms with Gasteiger partial charge in [0.05, 0.1) is 6.10 Å². The van der Waals surface area contributed by atoms with Crippen molar-refractivity contribution in [1.82, 2.24) is 0 Å². The molecule has 0 aromatic rings. The molecular formula is C19H30O. The highest BCUT2D eigenvalue weighted by Crippen LogP contribution is 2.65. The molecule has 0 aromatic carbocycles. The van der Waals surface area contributed by atoms with Crippen molar-refractivity contribution in [2.75, 3.05) is 0 Å². The maximum atomic E-state index is 10.6. The average Bonchev–Trinajstić information content (AvgIpc) is 2.74. The molecule has 0 heterocycles. The molecule has 0 saturated heterocycles. The van der Waals surface area contributed by atoms with Crippen LogP contribution in [0.25, 0.3) is 0 Å². The minimum atomic E-state index is -0.00878. The summed E-state index contributed by atoms with van der Waals surface area (Å²) in [5.74, 6) is 2.25. The lowest BCUT2D eigenvalue weighted by atomic mass is 9.47. The highest BCUT2D eigenvalue weighted by Gasteiger charge is 2.58. The van der Waals surface area contributed by atoms with Crippen LogP contribution in [0.15, 0.2) is 11.6 Å². The van der Waals surface area contributed by atoms with Crippen molar-refractivity contribution in [3.05, 3.63) is 11.6 Å². The van der Waals surface area contributed by atoms with E-state index in [1.54, 1.807) is 5.57 Å². The van der Waals surface area contributed by atoms with Gasteiger partial charge in [-0.05, 0) is 86.4 Å². The second-order valence-electron chi connectivity index (χ2n) is 8.67. The van der Waals surface area contributed by atoms with Gasteiger partial charge in [-0.15, -0.1) is 0 Å². The smallest absolute Gasteiger partial charge is 0.0576 e. The Morgan fingerprint density at radius 2 is 1.90 bits per heavy atom. The second-order valence-corrected chi connectivity index (χ2v) is 8.67. The molecule has 4 aliphatic rings. The van der Waals surface area contributed by atoms with Gasteiger partial charge in [0, 0.05) is 0 Å². The van der Waals surface area contributed by atoms with Crippen molar-refractivity contribution >= 4 is 0 Å². The van der Waals surface area contributed by atoms with Crippen LogP contribution in [0.3, 0.4) is 0 Å². The Balaban J connectivity index is 1.70. The molecule has 3 fully saturated rings. The fourth-order valence-electron chi connectivity index (χ4n) is 6.78. The van der Waals surface area contributed by atoms with E-state index < -0.39 is 0 Å². The Labute approximate surface area is 123 Å². The summed E-state index contributed by atoms with van der Waals surface area (Å²) < 4.78 is 0. The molecule has 0 amide bonds. The van der Waals surface area contributed by atoms with E-state index in [1.807, 2.05) is 0 Å². The van der Waals surface area contributed by atoms with E-state index in [0.29, 0.717) is 16.7 Å². The molecule has 0 aliphatic heterocycles. The van der Waals surface area contributed by atoms with E-state index in [1.165, 1.54) is 51.4 Å². The van der Waals surface area contributed by atoms with Gasteiger partial charge in [-0.25, -0.2) is 0 Å². The Kier molecular flexibility index (Phi) is 2.91. The molecule has 6 atom stereocenters. The van der Waals surface area contributed by atoms with Crippen LogP contribution in [0, 0.1) is 28.6 Å². The van der Waals surface area contributed by atoms with Crippen molar-refractivity contribution in [3.8, 4) is 0 Å². The summed E-state index contributed by atoms with van der Waals surface area (Å²) in [5.41, 5.74) is 2.71. The Morgan fingerprint density at radius 3 is 2.75 bits per heavy atom. The summed E-state index contributed by atoms with van der Waals surface area (Å²) in [4.78, 5) is 0.